The lowest BCUT2D eigenvalue weighted by Crippen LogP contribution is -2.69. The first-order valence-electron chi connectivity index (χ1n) is 14.0. The maximum atomic E-state index is 10.9. The molecule has 0 radical (unpaired) electrons. The van der Waals surface area contributed by atoms with Crippen molar-refractivity contribution >= 4 is 114 Å². The monoisotopic (exact) mass is 933 g/mol. The van der Waals surface area contributed by atoms with Gasteiger partial charge in [0.1, 0.15) is 85.5 Å². The Kier molecular flexibility index (Phi) is 38.1. The minimum atomic E-state index is -2.13. The maximum absolute atomic E-state index is 10.9. The Balaban J connectivity index is -0.000000690. The first-order chi connectivity index (χ1) is 21.2. The van der Waals surface area contributed by atoms with Crippen molar-refractivity contribution in [3.05, 3.63) is 11.6 Å². The second kappa shape index (κ2) is 30.5. The quantitative estimate of drug-likeness (QED) is 0.0568. The molecule has 2 aliphatic heterocycles. The number of hydrogen-bond donors (Lipinski definition) is 15. The Morgan fingerprint density at radius 3 is 1.68 bits per heavy atom. The van der Waals surface area contributed by atoms with Crippen LogP contribution >= 0.6 is 108 Å². The zero-order valence-electron chi connectivity index (χ0n) is 27.7. The fraction of sp³-hybridized carbons (Fsp3) is 0.880. The molecule has 53 heavy (non-hydrogen) atoms. The Hall–Kier alpha value is 1.45. The van der Waals surface area contributed by atoms with Gasteiger partial charge in [-0.1, -0.05) is 6.08 Å². The van der Waals surface area contributed by atoms with E-state index in [1.165, 1.54) is 6.08 Å². The summed E-state index contributed by atoms with van der Waals surface area (Å²) in [4.78, 5) is 10.9. The lowest BCUT2D eigenvalue weighted by atomic mass is 9.86. The number of carbonyl (C=O) groups is 1. The van der Waals surface area contributed by atoms with E-state index in [4.69, 9.17) is 18.9 Å². The van der Waals surface area contributed by atoms with Crippen LogP contribution in [0.15, 0.2) is 11.6 Å². The fourth-order valence-corrected chi connectivity index (χ4v) is 5.39. The molecule has 0 aromatic rings. The molecule has 0 amide bonds. The van der Waals surface area contributed by atoms with Gasteiger partial charge in [0.05, 0.1) is 38.5 Å². The molecule has 20 nitrogen and oxygen atoms in total. The van der Waals surface area contributed by atoms with E-state index in [0.29, 0.717) is 0 Å². The highest BCUT2D eigenvalue weighted by atomic mass is 32.1. The highest BCUT2D eigenvalue weighted by molar-refractivity contribution is 7.60. The van der Waals surface area contributed by atoms with Crippen LogP contribution in [0.2, 0.25) is 0 Å². The number of ether oxygens (including phenoxy) is 4. The van der Waals surface area contributed by atoms with Gasteiger partial charge in [-0.15, -0.1) is 0 Å². The van der Waals surface area contributed by atoms with Gasteiger partial charge in [0.2, 0.25) is 0 Å². The molecule has 2 heterocycles. The molecule has 28 heteroatoms. The molecule has 0 spiro atoms. The van der Waals surface area contributed by atoms with Gasteiger partial charge in [-0.3, -0.25) is 0 Å². The van der Waals surface area contributed by atoms with Crippen LogP contribution in [0.1, 0.15) is 0 Å². The molecule has 18 atom stereocenters. The molecular formula is C25H59NO19S8. The largest absolute Gasteiger partial charge is 0.394 e. The Morgan fingerprint density at radius 2 is 1.21 bits per heavy atom. The second-order valence-electron chi connectivity index (χ2n) is 11.0. The highest BCUT2D eigenvalue weighted by Gasteiger charge is 2.52. The third-order valence-corrected chi connectivity index (χ3v) is 8.06. The number of carbonyl (C=O) groups excluding carboxylic acids is 1. The van der Waals surface area contributed by atoms with Gasteiger partial charge >= 0.3 is 0 Å². The van der Waals surface area contributed by atoms with Crippen molar-refractivity contribution < 1.29 is 95.2 Å². The Morgan fingerprint density at radius 1 is 0.698 bits per heavy atom. The highest BCUT2D eigenvalue weighted by Crippen LogP contribution is 2.31. The van der Waals surface area contributed by atoms with Crippen molar-refractivity contribution in [1.29, 1.82) is 0 Å². The lowest BCUT2D eigenvalue weighted by molar-refractivity contribution is -0.362. The Bertz CT molecular complexity index is 990. The molecule has 2 saturated heterocycles. The first-order valence-corrected chi connectivity index (χ1v) is 14.0. The normalized spacial score (nSPS) is 37.1. The van der Waals surface area contributed by atoms with Crippen molar-refractivity contribution in [2.24, 2.45) is 0 Å². The molecule has 326 valence electrons. The molecule has 0 aromatic heterocycles. The molecule has 15 N–H and O–H groups in total. The molecule has 10 unspecified atom stereocenters. The third kappa shape index (κ3) is 15.5. The standard InChI is InChI=1S/C25H43NO19.8H2S/c27-2-7-1-8(15(35)18(38)14(7)34)26-13-11(5-30)42-24(20(40)17(13)37)45-23-12(6-31)43-25(21(41)19(23)39)44-22(10(33)4-29)16(36)9(32)3-28;;;;;;;;/h1,3,8-27,29-41H,2,4-6H2;8*1H2/t8?,9?,10-,11-,12?,13?,14-,15+,16?,17+,18?,19?,20?,21-,22?,23?,24+,25-;;;;;;;;/m1......../s1. The van der Waals surface area contributed by atoms with Crippen LogP contribution in [0.5, 0.6) is 0 Å². The van der Waals surface area contributed by atoms with Crippen LogP contribution in [-0.4, -0.2) is 214 Å². The van der Waals surface area contributed by atoms with Gasteiger partial charge in [0, 0.05) is 0 Å². The molecule has 3 rings (SSSR count). The van der Waals surface area contributed by atoms with Crippen molar-refractivity contribution in [2.45, 2.75) is 110 Å². The minimum Gasteiger partial charge on any atom is -0.394 e. The summed E-state index contributed by atoms with van der Waals surface area (Å²) in [6.45, 7) is -3.46. The Labute approximate surface area is 361 Å². The van der Waals surface area contributed by atoms with Gasteiger partial charge in [-0.2, -0.15) is 108 Å². The number of nitrogens with one attached hydrogen (secondary N) is 1. The fourth-order valence-electron chi connectivity index (χ4n) is 5.39. The smallest absolute Gasteiger partial charge is 0.187 e. The summed E-state index contributed by atoms with van der Waals surface area (Å²) in [5.41, 5.74) is -0.0485. The summed E-state index contributed by atoms with van der Waals surface area (Å²) in [6.07, 6.45) is -28.3. The van der Waals surface area contributed by atoms with Gasteiger partial charge in [-0.25, -0.2) is 0 Å². The predicted molar refractivity (Wildman–Crippen MR) is 223 cm³/mol. The van der Waals surface area contributed by atoms with Gasteiger partial charge in [-0.05, 0) is 5.57 Å². The summed E-state index contributed by atoms with van der Waals surface area (Å²) in [6, 6.07) is -2.55. The lowest BCUT2D eigenvalue weighted by Gasteiger charge is -2.48. The summed E-state index contributed by atoms with van der Waals surface area (Å²) in [7, 11) is 0. The molecule has 1 aliphatic carbocycles. The molecule has 0 bridgehead atoms. The number of aliphatic hydroxyl groups is 14. The van der Waals surface area contributed by atoms with E-state index in [-0.39, 0.29) is 120 Å². The SMILES string of the molecule is O=CC(O)C(O)C(O[C@H]1OC(CO)C(O[C@@H]2O[C@H](CO)C(NC3C=C(CO)[C@@H](O)C(O)[C@H]3O)[C@H](O)C2O)C(O)[C@H]1O)[C@H](O)CO.S.S.S.S.S.S.S.S. The van der Waals surface area contributed by atoms with E-state index in [9.17, 15) is 76.3 Å². The van der Waals surface area contributed by atoms with Crippen molar-refractivity contribution in [2.75, 3.05) is 26.4 Å². The van der Waals surface area contributed by atoms with Crippen LogP contribution in [-0.2, 0) is 23.7 Å². The number of hydrogen-bond acceptors (Lipinski definition) is 20. The zero-order valence-corrected chi connectivity index (χ0v) is 35.7. The average molecular weight is 934 g/mol. The number of aldehydes is 1. The van der Waals surface area contributed by atoms with Gasteiger partial charge in [0.25, 0.3) is 0 Å². The van der Waals surface area contributed by atoms with Gasteiger partial charge in [0.15, 0.2) is 18.9 Å². The summed E-state index contributed by atoms with van der Waals surface area (Å²) in [5, 5.41) is 145. The van der Waals surface area contributed by atoms with Crippen molar-refractivity contribution in [1.82, 2.24) is 5.32 Å². The first kappa shape index (κ1) is 66.3. The van der Waals surface area contributed by atoms with Crippen LogP contribution in [0.3, 0.4) is 0 Å². The van der Waals surface area contributed by atoms with E-state index in [2.05, 4.69) is 5.32 Å². The molecule has 0 saturated carbocycles. The van der Waals surface area contributed by atoms with E-state index >= 15 is 0 Å². The van der Waals surface area contributed by atoms with Crippen LogP contribution in [0, 0.1) is 0 Å². The van der Waals surface area contributed by atoms with E-state index in [0.717, 1.165) is 0 Å². The maximum Gasteiger partial charge on any atom is 0.187 e. The average Bonchev–Trinajstić information content (AvgIpc) is 3.04. The van der Waals surface area contributed by atoms with E-state index in [1.54, 1.807) is 0 Å². The minimum absolute atomic E-state index is 0. The topological polar surface area (TPSA) is 349 Å². The predicted octanol–water partition coefficient (Wildman–Crippen LogP) is -8.85. The van der Waals surface area contributed by atoms with Crippen LogP contribution in [0.25, 0.3) is 0 Å². The third-order valence-electron chi connectivity index (χ3n) is 8.06. The zero-order chi connectivity index (χ0) is 33.7. The number of aliphatic hydroxyl groups excluding tert-OH is 14. The van der Waals surface area contributed by atoms with Crippen LogP contribution < -0.4 is 5.32 Å². The van der Waals surface area contributed by atoms with Crippen molar-refractivity contribution in [3.8, 4) is 0 Å². The summed E-state index contributed by atoms with van der Waals surface area (Å²) >= 11 is 0. The summed E-state index contributed by atoms with van der Waals surface area (Å²) < 4.78 is 21.8. The van der Waals surface area contributed by atoms with E-state index < -0.39 is 137 Å². The summed E-state index contributed by atoms with van der Waals surface area (Å²) in [5.74, 6) is 0. The molecule has 0 aromatic carbocycles. The molecule has 3 aliphatic rings. The number of rotatable bonds is 14. The van der Waals surface area contributed by atoms with Gasteiger partial charge < -0.3 is 101 Å². The second-order valence-corrected chi connectivity index (χ2v) is 11.0. The van der Waals surface area contributed by atoms with Crippen LogP contribution in [0.4, 0.5) is 0 Å². The van der Waals surface area contributed by atoms with E-state index in [1.807, 2.05) is 0 Å². The molecule has 2 fully saturated rings. The molecular weight excluding hydrogens is 875 g/mol. The van der Waals surface area contributed by atoms with Crippen molar-refractivity contribution in [3.63, 3.8) is 0 Å².